The van der Waals surface area contributed by atoms with E-state index in [0.29, 0.717) is 6.42 Å². The van der Waals surface area contributed by atoms with Gasteiger partial charge < -0.3 is 9.66 Å². The summed E-state index contributed by atoms with van der Waals surface area (Å²) in [4.78, 5) is 0. The number of aliphatic hydroxyl groups is 1. The number of hydrogen-bond acceptors (Lipinski definition) is 4. The van der Waals surface area contributed by atoms with E-state index in [2.05, 4.69) is 6.92 Å². The van der Waals surface area contributed by atoms with Gasteiger partial charge in [-0.2, -0.15) is 0 Å². The Morgan fingerprint density at radius 2 is 1.80 bits per heavy atom. The van der Waals surface area contributed by atoms with E-state index in [4.69, 9.17) is 5.11 Å². The van der Waals surface area contributed by atoms with Crippen LogP contribution in [0.25, 0.3) is 0 Å². The van der Waals surface area contributed by atoms with E-state index in [1.54, 1.807) is 0 Å². The monoisotopic (exact) mass is 246 g/mol. The van der Waals surface area contributed by atoms with Crippen LogP contribution in [0.4, 0.5) is 0 Å². The molecule has 0 amide bonds. The van der Waals surface area contributed by atoms with Crippen LogP contribution in [-0.4, -0.2) is 29.9 Å². The molecule has 0 aromatic carbocycles. The molecule has 15 heavy (non-hydrogen) atoms. The fourth-order valence-corrected chi connectivity index (χ4v) is 2.23. The Morgan fingerprint density at radius 1 is 1.20 bits per heavy atom. The van der Waals surface area contributed by atoms with Gasteiger partial charge in [0.15, 0.2) is 0 Å². The summed E-state index contributed by atoms with van der Waals surface area (Å²) in [7, 11) is -4.22. The van der Waals surface area contributed by atoms with Crippen molar-refractivity contribution < 1.29 is 47.6 Å². The zero-order chi connectivity index (χ0) is 11.0. The standard InChI is InChI=1S/C9H20O4S.Na/c1-2-3-4-5-6-9(7-8-10)14(11,12)13;/h9-10H,2-8H2,1H3,(H,11,12,13);/q;+1/p-1. The van der Waals surface area contributed by atoms with Gasteiger partial charge in [-0.25, -0.2) is 8.42 Å². The van der Waals surface area contributed by atoms with Crippen LogP contribution in [0.3, 0.4) is 0 Å². The minimum atomic E-state index is -4.22. The van der Waals surface area contributed by atoms with Crippen LogP contribution in [-0.2, 0) is 10.1 Å². The summed E-state index contributed by atoms with van der Waals surface area (Å²) in [5, 5.41) is 7.70. The maximum absolute atomic E-state index is 10.7. The Kier molecular flexibility index (Phi) is 12.2. The van der Waals surface area contributed by atoms with Crippen molar-refractivity contribution in [2.24, 2.45) is 0 Å². The Hall–Kier alpha value is 0.870. The third kappa shape index (κ3) is 9.78. The largest absolute Gasteiger partial charge is 1.00 e. The van der Waals surface area contributed by atoms with Crippen molar-refractivity contribution in [3.05, 3.63) is 0 Å². The summed E-state index contributed by atoms with van der Waals surface area (Å²) in [5.74, 6) is 0. The number of hydrogen-bond donors (Lipinski definition) is 1. The van der Waals surface area contributed by atoms with Gasteiger partial charge in [0, 0.05) is 6.61 Å². The van der Waals surface area contributed by atoms with Gasteiger partial charge in [0.05, 0.1) is 15.4 Å². The van der Waals surface area contributed by atoms with E-state index in [0.717, 1.165) is 25.7 Å². The predicted octanol–water partition coefficient (Wildman–Crippen LogP) is -1.74. The van der Waals surface area contributed by atoms with E-state index in [9.17, 15) is 13.0 Å². The van der Waals surface area contributed by atoms with Gasteiger partial charge in [-0.1, -0.05) is 32.6 Å². The maximum atomic E-state index is 10.7. The molecule has 1 atom stereocenters. The van der Waals surface area contributed by atoms with E-state index >= 15 is 0 Å². The van der Waals surface area contributed by atoms with Crippen molar-refractivity contribution >= 4 is 10.1 Å². The Labute approximate surface area is 114 Å². The molecule has 0 radical (unpaired) electrons. The molecule has 0 heterocycles. The molecule has 0 aromatic heterocycles. The van der Waals surface area contributed by atoms with Gasteiger partial charge >= 0.3 is 29.6 Å². The first-order valence-corrected chi connectivity index (χ1v) is 6.55. The molecular formula is C9H19NaO4S. The fraction of sp³-hybridized carbons (Fsp3) is 1.00. The molecule has 0 aliphatic heterocycles. The molecule has 0 saturated heterocycles. The van der Waals surface area contributed by atoms with Crippen molar-refractivity contribution in [2.45, 2.75) is 50.7 Å². The smallest absolute Gasteiger partial charge is 0.748 e. The van der Waals surface area contributed by atoms with E-state index in [-0.39, 0.29) is 42.6 Å². The molecule has 0 saturated carbocycles. The van der Waals surface area contributed by atoms with Crippen LogP contribution >= 0.6 is 0 Å². The summed E-state index contributed by atoms with van der Waals surface area (Å²) in [6, 6.07) is 0. The summed E-state index contributed by atoms with van der Waals surface area (Å²) in [6.45, 7) is 1.83. The van der Waals surface area contributed by atoms with E-state index in [1.807, 2.05) is 0 Å². The van der Waals surface area contributed by atoms with Gasteiger partial charge in [0.2, 0.25) is 0 Å². The molecule has 6 heteroatoms. The molecule has 0 aliphatic rings. The Bertz CT molecular complexity index is 228. The second kappa shape index (κ2) is 10.1. The molecule has 0 fully saturated rings. The molecule has 0 aliphatic carbocycles. The third-order valence-corrected chi connectivity index (χ3v) is 3.53. The minimum absolute atomic E-state index is 0. The van der Waals surface area contributed by atoms with E-state index in [1.165, 1.54) is 0 Å². The summed E-state index contributed by atoms with van der Waals surface area (Å²) >= 11 is 0. The number of rotatable bonds is 8. The molecule has 1 N–H and O–H groups in total. The fourth-order valence-electron chi connectivity index (χ4n) is 1.38. The predicted molar refractivity (Wildman–Crippen MR) is 53.9 cm³/mol. The summed E-state index contributed by atoms with van der Waals surface area (Å²) in [5.41, 5.74) is 0. The summed E-state index contributed by atoms with van der Waals surface area (Å²) in [6.07, 6.45) is 4.29. The van der Waals surface area contributed by atoms with Crippen LogP contribution in [0, 0.1) is 0 Å². The second-order valence-corrected chi connectivity index (χ2v) is 5.13. The zero-order valence-electron chi connectivity index (χ0n) is 9.61. The van der Waals surface area contributed by atoms with Crippen molar-refractivity contribution in [2.75, 3.05) is 6.61 Å². The van der Waals surface area contributed by atoms with Gasteiger partial charge in [0.1, 0.15) is 0 Å². The quantitative estimate of drug-likeness (QED) is 0.313. The molecule has 0 bridgehead atoms. The second-order valence-electron chi connectivity index (χ2n) is 3.48. The molecule has 0 aromatic rings. The van der Waals surface area contributed by atoms with Gasteiger partial charge in [-0.15, -0.1) is 0 Å². The molecule has 0 rings (SSSR count). The van der Waals surface area contributed by atoms with Crippen molar-refractivity contribution in [1.82, 2.24) is 0 Å². The first-order valence-electron chi connectivity index (χ1n) is 5.08. The SMILES string of the molecule is CCCCCCC(CCO)S(=O)(=O)[O-].[Na+]. The molecule has 1 unspecified atom stereocenters. The Morgan fingerprint density at radius 3 is 2.20 bits per heavy atom. The average Bonchev–Trinajstić information content (AvgIpc) is 2.08. The maximum Gasteiger partial charge on any atom is 1.00 e. The normalized spacial score (nSPS) is 13.3. The molecule has 86 valence electrons. The van der Waals surface area contributed by atoms with Crippen LogP contribution in [0.2, 0.25) is 0 Å². The third-order valence-electron chi connectivity index (χ3n) is 2.24. The van der Waals surface area contributed by atoms with Crippen LogP contribution < -0.4 is 29.6 Å². The first kappa shape index (κ1) is 18.2. The zero-order valence-corrected chi connectivity index (χ0v) is 12.4. The van der Waals surface area contributed by atoms with E-state index < -0.39 is 15.4 Å². The van der Waals surface area contributed by atoms with Gasteiger partial charge in [-0.05, 0) is 12.8 Å². The van der Waals surface area contributed by atoms with Crippen molar-refractivity contribution in [3.8, 4) is 0 Å². The number of unbranched alkanes of at least 4 members (excludes halogenated alkanes) is 3. The molecular weight excluding hydrogens is 227 g/mol. The Balaban J connectivity index is 0. The first-order chi connectivity index (χ1) is 6.52. The molecule has 0 spiro atoms. The van der Waals surface area contributed by atoms with Crippen LogP contribution in [0.5, 0.6) is 0 Å². The van der Waals surface area contributed by atoms with Crippen LogP contribution in [0.1, 0.15) is 45.4 Å². The topological polar surface area (TPSA) is 77.4 Å². The average molecular weight is 246 g/mol. The van der Waals surface area contributed by atoms with Gasteiger partial charge in [-0.3, -0.25) is 0 Å². The molecule has 4 nitrogen and oxygen atoms in total. The summed E-state index contributed by atoms with van der Waals surface area (Å²) < 4.78 is 32.2. The number of aliphatic hydroxyl groups excluding tert-OH is 1. The van der Waals surface area contributed by atoms with Gasteiger partial charge in [0.25, 0.3) is 0 Å². The van der Waals surface area contributed by atoms with Crippen molar-refractivity contribution in [3.63, 3.8) is 0 Å². The van der Waals surface area contributed by atoms with Crippen molar-refractivity contribution in [1.29, 1.82) is 0 Å². The van der Waals surface area contributed by atoms with Crippen LogP contribution in [0.15, 0.2) is 0 Å². The minimum Gasteiger partial charge on any atom is -0.748 e.